The Morgan fingerprint density at radius 3 is 1.80 bits per heavy atom. The van der Waals surface area contributed by atoms with Gasteiger partial charge in [0.2, 0.25) is 0 Å². The first-order valence-electron chi connectivity index (χ1n) is 8.37. The third-order valence-corrected chi connectivity index (χ3v) is 3.53. The molecule has 0 amide bonds. The molecule has 4 heteroatoms. The summed E-state index contributed by atoms with van der Waals surface area (Å²) in [5, 5.41) is 17.8. The summed E-state index contributed by atoms with van der Waals surface area (Å²) in [4.78, 5) is 2.02. The summed E-state index contributed by atoms with van der Waals surface area (Å²) in [5.74, 6) is 0. The van der Waals surface area contributed by atoms with Crippen LogP contribution in [0.3, 0.4) is 0 Å². The summed E-state index contributed by atoms with van der Waals surface area (Å²) >= 11 is 0. The zero-order valence-corrected chi connectivity index (χ0v) is 13.4. The number of unbranched alkanes of at least 4 members (excludes halogenated alkanes) is 7. The molecule has 0 aromatic heterocycles. The van der Waals surface area contributed by atoms with Gasteiger partial charge < -0.3 is 14.9 Å². The van der Waals surface area contributed by atoms with Gasteiger partial charge in [0.05, 0.1) is 19.8 Å². The summed E-state index contributed by atoms with van der Waals surface area (Å²) in [5.41, 5.74) is 0. The van der Waals surface area contributed by atoms with Crippen LogP contribution in [-0.2, 0) is 4.74 Å². The molecule has 0 saturated carbocycles. The lowest BCUT2D eigenvalue weighted by Gasteiger charge is -2.19. The van der Waals surface area contributed by atoms with Crippen LogP contribution < -0.4 is 0 Å². The van der Waals surface area contributed by atoms with Crippen LogP contribution in [0, 0.1) is 0 Å². The molecule has 0 aromatic rings. The molecule has 0 aromatic carbocycles. The first-order valence-corrected chi connectivity index (χ1v) is 8.37. The third kappa shape index (κ3) is 14.3. The molecule has 0 heterocycles. The van der Waals surface area contributed by atoms with E-state index in [-0.39, 0.29) is 13.2 Å². The lowest BCUT2D eigenvalue weighted by atomic mass is 10.1. The Morgan fingerprint density at radius 1 is 0.700 bits per heavy atom. The van der Waals surface area contributed by atoms with E-state index < -0.39 is 0 Å². The highest BCUT2D eigenvalue weighted by molar-refractivity contribution is 4.55. The van der Waals surface area contributed by atoms with Crippen molar-refractivity contribution in [2.24, 2.45) is 0 Å². The first-order chi connectivity index (χ1) is 9.85. The normalized spacial score (nSPS) is 11.4. The average Bonchev–Trinajstić information content (AvgIpc) is 2.45. The summed E-state index contributed by atoms with van der Waals surface area (Å²) in [7, 11) is 0. The van der Waals surface area contributed by atoms with Gasteiger partial charge in [-0.1, -0.05) is 51.9 Å². The minimum absolute atomic E-state index is 0.137. The van der Waals surface area contributed by atoms with Gasteiger partial charge in [-0.15, -0.1) is 0 Å². The maximum absolute atomic E-state index is 8.88. The van der Waals surface area contributed by atoms with Crippen LogP contribution in [0.25, 0.3) is 0 Å². The van der Waals surface area contributed by atoms with E-state index in [9.17, 15) is 0 Å². The Bertz CT molecular complexity index is 173. The van der Waals surface area contributed by atoms with Crippen molar-refractivity contribution in [2.45, 2.75) is 58.3 Å². The zero-order chi connectivity index (χ0) is 14.9. The molecule has 0 aliphatic heterocycles. The van der Waals surface area contributed by atoms with Gasteiger partial charge in [-0.25, -0.2) is 0 Å². The molecule has 0 unspecified atom stereocenters. The van der Waals surface area contributed by atoms with Gasteiger partial charge in [-0.3, -0.25) is 4.90 Å². The minimum Gasteiger partial charge on any atom is -0.395 e. The molecule has 0 aliphatic carbocycles. The van der Waals surface area contributed by atoms with Crippen molar-refractivity contribution >= 4 is 0 Å². The van der Waals surface area contributed by atoms with Gasteiger partial charge in [-0.2, -0.15) is 0 Å². The van der Waals surface area contributed by atoms with E-state index in [1.54, 1.807) is 0 Å². The Labute approximate surface area is 125 Å². The number of ether oxygens (including phenoxy) is 1. The molecule has 2 N–H and O–H groups in total. The molecule has 0 aliphatic rings. The Balaban J connectivity index is 3.18. The fourth-order valence-corrected chi connectivity index (χ4v) is 2.25. The molecule has 0 spiro atoms. The van der Waals surface area contributed by atoms with E-state index in [0.29, 0.717) is 19.7 Å². The monoisotopic (exact) mass is 289 g/mol. The molecule has 122 valence electrons. The smallest absolute Gasteiger partial charge is 0.0593 e. The quantitative estimate of drug-likeness (QED) is 0.429. The van der Waals surface area contributed by atoms with E-state index in [4.69, 9.17) is 14.9 Å². The van der Waals surface area contributed by atoms with Crippen molar-refractivity contribution in [3.63, 3.8) is 0 Å². The number of hydrogen-bond donors (Lipinski definition) is 2. The summed E-state index contributed by atoms with van der Waals surface area (Å²) in [6.45, 7) is 6.06. The highest BCUT2D eigenvalue weighted by atomic mass is 16.5. The van der Waals surface area contributed by atoms with Gasteiger partial charge in [0.1, 0.15) is 0 Å². The second-order valence-electron chi connectivity index (χ2n) is 5.38. The predicted octanol–water partition coefficient (Wildman–Crippen LogP) is 2.43. The van der Waals surface area contributed by atoms with E-state index in [1.165, 1.54) is 44.9 Å². The fraction of sp³-hybridized carbons (Fsp3) is 1.00. The van der Waals surface area contributed by atoms with E-state index in [2.05, 4.69) is 6.92 Å². The Morgan fingerprint density at radius 2 is 1.25 bits per heavy atom. The Hall–Kier alpha value is -0.160. The minimum atomic E-state index is 0.137. The van der Waals surface area contributed by atoms with Crippen LogP contribution >= 0.6 is 0 Å². The molecule has 0 bridgehead atoms. The van der Waals surface area contributed by atoms with Crippen LogP contribution in [0.1, 0.15) is 58.3 Å². The summed E-state index contributed by atoms with van der Waals surface area (Å²) < 4.78 is 5.60. The maximum atomic E-state index is 8.88. The molecule has 20 heavy (non-hydrogen) atoms. The second kappa shape index (κ2) is 16.9. The fourth-order valence-electron chi connectivity index (χ4n) is 2.25. The molecule has 0 atom stereocenters. The van der Waals surface area contributed by atoms with Crippen molar-refractivity contribution in [2.75, 3.05) is 46.1 Å². The Kier molecular flexibility index (Phi) is 16.8. The van der Waals surface area contributed by atoms with Gasteiger partial charge in [-0.05, 0) is 6.42 Å². The first kappa shape index (κ1) is 19.8. The average molecular weight is 289 g/mol. The van der Waals surface area contributed by atoms with Gasteiger partial charge in [0, 0.05) is 26.2 Å². The SMILES string of the molecule is CCCCCCCCCCOCCN(CCO)CCO. The van der Waals surface area contributed by atoms with Crippen LogP contribution in [0.5, 0.6) is 0 Å². The topological polar surface area (TPSA) is 52.9 Å². The molecule has 0 radical (unpaired) electrons. The van der Waals surface area contributed by atoms with Crippen LogP contribution in [0.15, 0.2) is 0 Å². The number of aliphatic hydroxyl groups excluding tert-OH is 2. The molecule has 0 fully saturated rings. The van der Waals surface area contributed by atoms with Gasteiger partial charge in [0.25, 0.3) is 0 Å². The van der Waals surface area contributed by atoms with Crippen molar-refractivity contribution in [1.29, 1.82) is 0 Å². The number of aliphatic hydroxyl groups is 2. The molecule has 4 nitrogen and oxygen atoms in total. The molecule has 0 saturated heterocycles. The van der Waals surface area contributed by atoms with E-state index >= 15 is 0 Å². The lowest BCUT2D eigenvalue weighted by molar-refractivity contribution is 0.0849. The maximum Gasteiger partial charge on any atom is 0.0593 e. The number of hydrogen-bond acceptors (Lipinski definition) is 4. The van der Waals surface area contributed by atoms with E-state index in [1.807, 2.05) is 4.90 Å². The van der Waals surface area contributed by atoms with Gasteiger partial charge >= 0.3 is 0 Å². The van der Waals surface area contributed by atoms with Crippen LogP contribution in [0.2, 0.25) is 0 Å². The van der Waals surface area contributed by atoms with Crippen molar-refractivity contribution in [3.8, 4) is 0 Å². The highest BCUT2D eigenvalue weighted by Gasteiger charge is 2.02. The molecule has 0 rings (SSSR count). The van der Waals surface area contributed by atoms with E-state index in [0.717, 1.165) is 19.6 Å². The predicted molar refractivity (Wildman–Crippen MR) is 84.0 cm³/mol. The largest absolute Gasteiger partial charge is 0.395 e. The molecular weight excluding hydrogens is 254 g/mol. The second-order valence-corrected chi connectivity index (χ2v) is 5.38. The standard InChI is InChI=1S/C16H35NO3/c1-2-3-4-5-6-7-8-9-15-20-16-12-17(10-13-18)11-14-19/h18-19H,2-16H2,1H3. The van der Waals surface area contributed by atoms with Crippen LogP contribution in [-0.4, -0.2) is 61.2 Å². The van der Waals surface area contributed by atoms with Crippen molar-refractivity contribution in [1.82, 2.24) is 4.90 Å². The zero-order valence-electron chi connectivity index (χ0n) is 13.4. The number of nitrogens with zero attached hydrogens (tertiary/aromatic N) is 1. The molecular formula is C16H35NO3. The lowest BCUT2D eigenvalue weighted by Crippen LogP contribution is -2.33. The summed E-state index contributed by atoms with van der Waals surface area (Å²) in [6.07, 6.45) is 10.6. The highest BCUT2D eigenvalue weighted by Crippen LogP contribution is 2.08. The van der Waals surface area contributed by atoms with Gasteiger partial charge in [0.15, 0.2) is 0 Å². The van der Waals surface area contributed by atoms with Crippen molar-refractivity contribution in [3.05, 3.63) is 0 Å². The van der Waals surface area contributed by atoms with Crippen molar-refractivity contribution < 1.29 is 14.9 Å². The third-order valence-electron chi connectivity index (χ3n) is 3.53. The number of rotatable bonds is 16. The van der Waals surface area contributed by atoms with Crippen LogP contribution in [0.4, 0.5) is 0 Å². The summed E-state index contributed by atoms with van der Waals surface area (Å²) in [6, 6.07) is 0.